The third-order valence-corrected chi connectivity index (χ3v) is 6.50. The molecule has 6 nitrogen and oxygen atoms in total. The highest BCUT2D eigenvalue weighted by molar-refractivity contribution is 7.08. The van der Waals surface area contributed by atoms with Crippen LogP contribution in [0.1, 0.15) is 36.0 Å². The molecule has 0 spiro atoms. The number of H-pyrrole nitrogens is 1. The molecule has 0 saturated heterocycles. The highest BCUT2D eigenvalue weighted by Crippen LogP contribution is 2.32. The minimum Gasteiger partial charge on any atom is -0.365 e. The van der Waals surface area contributed by atoms with Crippen LogP contribution < -0.4 is 10.6 Å². The van der Waals surface area contributed by atoms with Crippen LogP contribution in [0.2, 0.25) is 0 Å². The number of aromatic nitrogens is 3. The van der Waals surface area contributed by atoms with Crippen molar-refractivity contribution in [3.8, 4) is 11.3 Å². The number of halogens is 3. The molecule has 1 unspecified atom stereocenters. The van der Waals surface area contributed by atoms with E-state index in [9.17, 15) is 18.0 Å². The van der Waals surface area contributed by atoms with Crippen molar-refractivity contribution in [2.75, 3.05) is 5.32 Å². The van der Waals surface area contributed by atoms with Crippen molar-refractivity contribution < 1.29 is 18.0 Å². The Labute approximate surface area is 191 Å². The summed E-state index contributed by atoms with van der Waals surface area (Å²) in [6.07, 6.45) is 5.55. The Morgan fingerprint density at radius 2 is 2.00 bits per heavy atom. The molecule has 1 amide bonds. The van der Waals surface area contributed by atoms with Gasteiger partial charge >= 0.3 is 0 Å². The Bertz CT molecular complexity index is 1310. The highest BCUT2D eigenvalue weighted by Gasteiger charge is 2.26. The van der Waals surface area contributed by atoms with Crippen LogP contribution in [-0.4, -0.2) is 32.9 Å². The number of nitrogens with one attached hydrogen (secondary N) is 3. The van der Waals surface area contributed by atoms with Crippen molar-refractivity contribution in [2.24, 2.45) is 0 Å². The number of rotatable bonds is 5. The van der Waals surface area contributed by atoms with Gasteiger partial charge in [0.25, 0.3) is 5.91 Å². The van der Waals surface area contributed by atoms with E-state index in [2.05, 4.69) is 25.6 Å². The lowest BCUT2D eigenvalue weighted by Gasteiger charge is -2.30. The molecule has 10 heteroatoms. The Kier molecular flexibility index (Phi) is 5.76. The van der Waals surface area contributed by atoms with Gasteiger partial charge in [-0.25, -0.2) is 23.1 Å². The molecule has 0 radical (unpaired) electrons. The van der Waals surface area contributed by atoms with Crippen molar-refractivity contribution in [2.45, 2.75) is 37.8 Å². The minimum absolute atomic E-state index is 0.0608. The number of nitrogens with zero attached hydrogens (tertiary/aromatic N) is 2. The first-order chi connectivity index (χ1) is 16.0. The molecule has 5 rings (SSSR count). The van der Waals surface area contributed by atoms with E-state index in [4.69, 9.17) is 0 Å². The molecule has 4 heterocycles. The maximum atomic E-state index is 14.6. The van der Waals surface area contributed by atoms with E-state index >= 15 is 0 Å². The normalized spacial score (nSPS) is 18.4. The standard InChI is InChI=1S/C23H20F3N5OS/c24-13-6-16-17(10-28-21(16)27-9-13)20-18(25)8-19(26)22(31-20)29-14-2-1-3-15(7-14)30-23(32)12-4-5-33-11-12/h4-6,8-11,14-15H,1-3,7H2,(H,27,28)(H,29,31)(H,30,32)/t14?,15-/m1/s1. The average molecular weight is 472 g/mol. The maximum absolute atomic E-state index is 14.6. The average Bonchev–Trinajstić information content (AvgIpc) is 3.46. The van der Waals surface area contributed by atoms with Crippen LogP contribution in [0, 0.1) is 17.5 Å². The van der Waals surface area contributed by atoms with E-state index < -0.39 is 17.5 Å². The molecule has 2 atom stereocenters. The van der Waals surface area contributed by atoms with Crippen LogP contribution in [0.4, 0.5) is 19.0 Å². The van der Waals surface area contributed by atoms with Crippen molar-refractivity contribution >= 4 is 34.1 Å². The summed E-state index contributed by atoms with van der Waals surface area (Å²) in [6.45, 7) is 0. The molecule has 4 aromatic heterocycles. The molecule has 3 N–H and O–H groups in total. The molecule has 33 heavy (non-hydrogen) atoms. The highest BCUT2D eigenvalue weighted by atomic mass is 32.1. The van der Waals surface area contributed by atoms with Gasteiger partial charge in [0.15, 0.2) is 17.5 Å². The Hall–Kier alpha value is -3.40. The monoisotopic (exact) mass is 471 g/mol. The van der Waals surface area contributed by atoms with E-state index in [0.29, 0.717) is 28.6 Å². The first kappa shape index (κ1) is 21.4. The van der Waals surface area contributed by atoms with Crippen LogP contribution in [0.15, 0.2) is 41.4 Å². The number of hydrogen-bond donors (Lipinski definition) is 3. The number of pyridine rings is 2. The van der Waals surface area contributed by atoms with Gasteiger partial charge in [0.2, 0.25) is 0 Å². The van der Waals surface area contributed by atoms with E-state index in [-0.39, 0.29) is 29.5 Å². The lowest BCUT2D eigenvalue weighted by Crippen LogP contribution is -2.41. The number of carbonyl (C=O) groups excluding carboxylic acids is 1. The Morgan fingerprint density at radius 3 is 2.82 bits per heavy atom. The second-order valence-corrected chi connectivity index (χ2v) is 8.87. The number of aromatic amines is 1. The van der Waals surface area contributed by atoms with Crippen molar-refractivity contribution in [1.29, 1.82) is 0 Å². The van der Waals surface area contributed by atoms with Crippen LogP contribution in [-0.2, 0) is 0 Å². The fourth-order valence-electron chi connectivity index (χ4n) is 4.24. The van der Waals surface area contributed by atoms with Gasteiger partial charge in [0, 0.05) is 46.2 Å². The van der Waals surface area contributed by atoms with Crippen LogP contribution >= 0.6 is 11.3 Å². The smallest absolute Gasteiger partial charge is 0.252 e. The molecular weight excluding hydrogens is 451 g/mol. The molecule has 170 valence electrons. The van der Waals surface area contributed by atoms with E-state index in [0.717, 1.165) is 31.5 Å². The first-order valence-corrected chi connectivity index (χ1v) is 11.5. The molecule has 1 aliphatic rings. The predicted molar refractivity (Wildman–Crippen MR) is 121 cm³/mol. The third-order valence-electron chi connectivity index (χ3n) is 5.82. The lowest BCUT2D eigenvalue weighted by atomic mass is 9.90. The molecular formula is C23H20F3N5OS. The fraction of sp³-hybridized carbons (Fsp3) is 0.261. The predicted octanol–water partition coefficient (Wildman–Crippen LogP) is 5.26. The summed E-state index contributed by atoms with van der Waals surface area (Å²) >= 11 is 1.46. The molecule has 1 aliphatic carbocycles. The van der Waals surface area contributed by atoms with Crippen LogP contribution in [0.25, 0.3) is 22.3 Å². The van der Waals surface area contributed by atoms with Gasteiger partial charge < -0.3 is 15.6 Å². The Balaban J connectivity index is 1.36. The van der Waals surface area contributed by atoms with E-state index in [1.165, 1.54) is 23.6 Å². The second kappa shape index (κ2) is 8.86. The van der Waals surface area contributed by atoms with Crippen LogP contribution in [0.3, 0.4) is 0 Å². The minimum atomic E-state index is -0.854. The first-order valence-electron chi connectivity index (χ1n) is 10.6. The summed E-state index contributed by atoms with van der Waals surface area (Å²) in [4.78, 5) is 23.4. The molecule has 0 aliphatic heterocycles. The van der Waals surface area contributed by atoms with Crippen molar-refractivity contribution in [1.82, 2.24) is 20.3 Å². The summed E-state index contributed by atoms with van der Waals surface area (Å²) in [5, 5.41) is 10.1. The zero-order valence-electron chi connectivity index (χ0n) is 17.4. The van der Waals surface area contributed by atoms with Gasteiger partial charge in [-0.05, 0) is 43.2 Å². The number of amides is 1. The van der Waals surface area contributed by atoms with Gasteiger partial charge in [-0.2, -0.15) is 11.3 Å². The maximum Gasteiger partial charge on any atom is 0.252 e. The zero-order valence-corrected chi connectivity index (χ0v) is 18.2. The summed E-state index contributed by atoms with van der Waals surface area (Å²) in [7, 11) is 0. The molecule has 4 aromatic rings. The van der Waals surface area contributed by atoms with E-state index in [1.54, 1.807) is 11.4 Å². The number of hydrogen-bond acceptors (Lipinski definition) is 5. The van der Waals surface area contributed by atoms with Gasteiger partial charge in [-0.15, -0.1) is 0 Å². The number of anilines is 1. The largest absolute Gasteiger partial charge is 0.365 e. The lowest BCUT2D eigenvalue weighted by molar-refractivity contribution is 0.0927. The summed E-state index contributed by atoms with van der Waals surface area (Å²) < 4.78 is 42.9. The van der Waals surface area contributed by atoms with E-state index in [1.807, 2.05) is 5.38 Å². The summed E-state index contributed by atoms with van der Waals surface area (Å²) in [5.74, 6) is -2.45. The van der Waals surface area contributed by atoms with Crippen molar-refractivity contribution in [3.63, 3.8) is 0 Å². The Morgan fingerprint density at radius 1 is 1.15 bits per heavy atom. The summed E-state index contributed by atoms with van der Waals surface area (Å²) in [5.41, 5.74) is 1.19. The van der Waals surface area contributed by atoms with Gasteiger partial charge in [-0.3, -0.25) is 4.79 Å². The zero-order chi connectivity index (χ0) is 22.9. The van der Waals surface area contributed by atoms with Gasteiger partial charge in [0.1, 0.15) is 17.2 Å². The third kappa shape index (κ3) is 4.43. The summed E-state index contributed by atoms with van der Waals surface area (Å²) in [6, 6.07) is 3.57. The molecule has 0 aromatic carbocycles. The van der Waals surface area contributed by atoms with Crippen molar-refractivity contribution in [3.05, 3.63) is 64.4 Å². The molecule has 1 fully saturated rings. The SMILES string of the molecule is O=C(N[C@@H]1CCCC(Nc2nc(-c3c[nH]c4ncc(F)cc34)c(F)cc2F)C1)c1ccsc1. The topological polar surface area (TPSA) is 82.7 Å². The molecule has 0 bridgehead atoms. The number of thiophene rings is 1. The fourth-order valence-corrected chi connectivity index (χ4v) is 4.87. The number of fused-ring (bicyclic) bond motifs is 1. The van der Waals surface area contributed by atoms with Gasteiger partial charge in [-0.1, -0.05) is 0 Å². The quantitative estimate of drug-likeness (QED) is 0.371. The number of carbonyl (C=O) groups is 1. The van der Waals surface area contributed by atoms with Crippen LogP contribution in [0.5, 0.6) is 0 Å². The second-order valence-electron chi connectivity index (χ2n) is 8.09. The van der Waals surface area contributed by atoms with Gasteiger partial charge in [0.05, 0.1) is 6.20 Å². The molecule has 1 saturated carbocycles.